The number of aryl methyl sites for hydroxylation is 1. The Bertz CT molecular complexity index is 1560. The number of halogens is 1. The van der Waals surface area contributed by atoms with Gasteiger partial charge in [0, 0.05) is 37.7 Å². The highest BCUT2D eigenvalue weighted by Gasteiger charge is 2.51. The van der Waals surface area contributed by atoms with E-state index in [1.54, 1.807) is 0 Å². The number of imidazole rings is 1. The molecule has 1 aliphatic rings. The van der Waals surface area contributed by atoms with Gasteiger partial charge in [0.15, 0.2) is 10.8 Å². The van der Waals surface area contributed by atoms with Gasteiger partial charge in [0.1, 0.15) is 11.8 Å². The van der Waals surface area contributed by atoms with Crippen LogP contribution in [0.4, 0.5) is 0 Å². The predicted octanol–water partition coefficient (Wildman–Crippen LogP) is 5.06. The number of nitrogens with zero attached hydrogens (tertiary/aromatic N) is 6. The second-order valence-corrected chi connectivity index (χ2v) is 16.1. The van der Waals surface area contributed by atoms with Crippen LogP contribution in [0, 0.1) is 0 Å². The fourth-order valence-electron chi connectivity index (χ4n) is 6.39. The average Bonchev–Trinajstić information content (AvgIpc) is 3.62. The molecule has 0 fully saturated rings. The van der Waals surface area contributed by atoms with Crippen LogP contribution in [0.5, 0.6) is 0 Å². The number of benzene rings is 2. The highest BCUT2D eigenvalue weighted by molar-refractivity contribution is 6.99. The topological polar surface area (TPSA) is 70.7 Å². The molecule has 0 amide bonds. The van der Waals surface area contributed by atoms with Gasteiger partial charge >= 0.3 is 0 Å². The fourth-order valence-corrected chi connectivity index (χ4v) is 11.2. The third-order valence-electron chi connectivity index (χ3n) is 8.10. The van der Waals surface area contributed by atoms with Crippen LogP contribution >= 0.6 is 11.6 Å². The Morgan fingerprint density at radius 3 is 2.26 bits per heavy atom. The molecule has 0 unspecified atom stereocenters. The maximum Gasteiger partial charge on any atom is 0.261 e. The van der Waals surface area contributed by atoms with Crippen LogP contribution < -0.4 is 10.4 Å². The molecule has 0 spiro atoms. The molecule has 3 heterocycles. The first-order valence-corrected chi connectivity index (χ1v) is 15.7. The summed E-state index contributed by atoms with van der Waals surface area (Å²) >= 11 is 6.26. The van der Waals surface area contributed by atoms with E-state index < -0.39 is 8.32 Å². The van der Waals surface area contributed by atoms with Crippen LogP contribution in [-0.4, -0.2) is 44.2 Å². The molecule has 3 aromatic heterocycles. The SMILES string of the molecule is Cn1ncc2c1[C@@H](CO[Si](c1ccccc1)(c1ccccc1)C(C)(C)C)C[C@H]2Cn1cnc2c(Cl)ncnc21. The molecule has 0 saturated carbocycles. The van der Waals surface area contributed by atoms with Crippen LogP contribution in [-0.2, 0) is 18.0 Å². The van der Waals surface area contributed by atoms with E-state index in [-0.39, 0.29) is 16.9 Å². The molecular formula is C30H33ClN6OSi. The van der Waals surface area contributed by atoms with Crippen LogP contribution in [0.3, 0.4) is 0 Å². The van der Waals surface area contributed by atoms with E-state index >= 15 is 0 Å². The van der Waals surface area contributed by atoms with Crippen LogP contribution in [0.25, 0.3) is 11.2 Å². The smallest absolute Gasteiger partial charge is 0.261 e. The van der Waals surface area contributed by atoms with E-state index in [4.69, 9.17) is 16.0 Å². The third-order valence-corrected chi connectivity index (χ3v) is 13.4. The van der Waals surface area contributed by atoms with E-state index in [1.807, 2.05) is 24.3 Å². The van der Waals surface area contributed by atoms with Gasteiger partial charge in [-0.3, -0.25) is 4.68 Å². The summed E-state index contributed by atoms with van der Waals surface area (Å²) in [6.07, 6.45) is 6.29. The highest BCUT2D eigenvalue weighted by Crippen LogP contribution is 2.44. The zero-order chi connectivity index (χ0) is 27.2. The Morgan fingerprint density at radius 2 is 1.62 bits per heavy atom. The maximum atomic E-state index is 7.34. The van der Waals surface area contributed by atoms with Crippen LogP contribution in [0.15, 0.2) is 79.5 Å². The monoisotopic (exact) mass is 556 g/mol. The molecule has 9 heteroatoms. The van der Waals surface area contributed by atoms with E-state index in [2.05, 4.69) is 106 Å². The van der Waals surface area contributed by atoms with Crippen molar-refractivity contribution in [2.75, 3.05) is 6.61 Å². The number of fused-ring (bicyclic) bond motifs is 2. The highest BCUT2D eigenvalue weighted by atomic mass is 35.5. The summed E-state index contributed by atoms with van der Waals surface area (Å²) in [7, 11) is -0.601. The first-order chi connectivity index (χ1) is 18.8. The van der Waals surface area contributed by atoms with Crippen molar-refractivity contribution in [3.63, 3.8) is 0 Å². The lowest BCUT2D eigenvalue weighted by molar-refractivity contribution is 0.261. The van der Waals surface area contributed by atoms with Crippen LogP contribution in [0.1, 0.15) is 50.3 Å². The van der Waals surface area contributed by atoms with Crippen molar-refractivity contribution in [2.24, 2.45) is 7.05 Å². The molecule has 5 aromatic rings. The molecular weight excluding hydrogens is 524 g/mol. The summed E-state index contributed by atoms with van der Waals surface area (Å²) in [6.45, 7) is 8.35. The quantitative estimate of drug-likeness (QED) is 0.207. The van der Waals surface area contributed by atoms with E-state index in [1.165, 1.54) is 28.0 Å². The van der Waals surface area contributed by atoms with Gasteiger partial charge in [0.2, 0.25) is 0 Å². The van der Waals surface area contributed by atoms with Gasteiger partial charge in [-0.15, -0.1) is 0 Å². The van der Waals surface area contributed by atoms with E-state index in [0.717, 1.165) is 18.6 Å². The van der Waals surface area contributed by atoms with Gasteiger partial charge in [0.05, 0.1) is 12.5 Å². The molecule has 7 nitrogen and oxygen atoms in total. The minimum Gasteiger partial charge on any atom is -0.407 e. The summed E-state index contributed by atoms with van der Waals surface area (Å²) in [5, 5.41) is 7.55. The van der Waals surface area contributed by atoms with Crippen molar-refractivity contribution in [2.45, 2.75) is 50.6 Å². The second-order valence-electron chi connectivity index (χ2n) is 11.4. The summed E-state index contributed by atoms with van der Waals surface area (Å²) in [5.74, 6) is 0.500. The van der Waals surface area contributed by atoms with Gasteiger partial charge in [-0.1, -0.05) is 93.0 Å². The minimum absolute atomic E-state index is 0.0717. The molecule has 1 aliphatic carbocycles. The van der Waals surface area contributed by atoms with E-state index in [9.17, 15) is 0 Å². The maximum absolute atomic E-state index is 7.34. The first-order valence-electron chi connectivity index (χ1n) is 13.4. The number of aromatic nitrogens is 6. The molecule has 2 aromatic carbocycles. The molecule has 2 atom stereocenters. The fraction of sp³-hybridized carbons (Fsp3) is 0.333. The Kier molecular flexibility index (Phi) is 6.65. The Balaban J connectivity index is 1.34. The van der Waals surface area contributed by atoms with Crippen molar-refractivity contribution in [1.82, 2.24) is 29.3 Å². The first kappa shape index (κ1) is 25.9. The average molecular weight is 557 g/mol. The van der Waals surface area contributed by atoms with Crippen molar-refractivity contribution >= 4 is 41.5 Å². The molecule has 0 aliphatic heterocycles. The normalized spacial score (nSPS) is 17.6. The molecule has 39 heavy (non-hydrogen) atoms. The van der Waals surface area contributed by atoms with Crippen molar-refractivity contribution in [1.29, 1.82) is 0 Å². The Hall–Kier alpha value is -3.33. The Morgan fingerprint density at radius 1 is 0.949 bits per heavy atom. The zero-order valence-corrected chi connectivity index (χ0v) is 24.5. The molecule has 0 radical (unpaired) electrons. The standard InChI is InChI=1S/C30H33ClN6OSi/c1-30(2,3)39(23-11-7-5-8-12-23,24-13-9-6-10-14-24)38-18-22-15-21(25-16-35-36(4)27(22)25)17-37-20-34-26-28(31)32-19-33-29(26)37/h5-14,16,19-22H,15,17-18H2,1-4H3/t21-,22+/m0/s1. The van der Waals surface area contributed by atoms with Crippen molar-refractivity contribution in [3.05, 3.63) is 95.9 Å². The molecule has 0 N–H and O–H groups in total. The minimum atomic E-state index is -2.64. The lowest BCUT2D eigenvalue weighted by Crippen LogP contribution is -2.66. The lowest BCUT2D eigenvalue weighted by Gasteiger charge is -2.43. The Labute approximate surface area is 235 Å². The summed E-state index contributed by atoms with van der Waals surface area (Å²) in [6, 6.07) is 21.7. The van der Waals surface area contributed by atoms with Crippen molar-refractivity contribution in [3.8, 4) is 0 Å². The van der Waals surface area contributed by atoms with Gasteiger partial charge in [-0.2, -0.15) is 5.10 Å². The van der Waals surface area contributed by atoms with Crippen molar-refractivity contribution < 1.29 is 4.43 Å². The van der Waals surface area contributed by atoms with Gasteiger partial charge in [-0.25, -0.2) is 15.0 Å². The molecule has 0 saturated heterocycles. The van der Waals surface area contributed by atoms with Crippen LogP contribution in [0.2, 0.25) is 10.2 Å². The predicted molar refractivity (Wildman–Crippen MR) is 157 cm³/mol. The molecule has 6 rings (SSSR count). The summed E-state index contributed by atoms with van der Waals surface area (Å²) in [5.41, 5.74) is 3.92. The zero-order valence-electron chi connectivity index (χ0n) is 22.8. The van der Waals surface area contributed by atoms with E-state index in [0.29, 0.717) is 17.3 Å². The third kappa shape index (κ3) is 4.40. The summed E-state index contributed by atoms with van der Waals surface area (Å²) < 4.78 is 11.4. The lowest BCUT2D eigenvalue weighted by atomic mass is 10.0. The van der Waals surface area contributed by atoms with Gasteiger partial charge in [0.25, 0.3) is 8.32 Å². The molecule has 0 bridgehead atoms. The molecule has 200 valence electrons. The largest absolute Gasteiger partial charge is 0.407 e. The summed E-state index contributed by atoms with van der Waals surface area (Å²) in [4.78, 5) is 13.0. The number of hydrogen-bond acceptors (Lipinski definition) is 5. The van der Waals surface area contributed by atoms with Gasteiger partial charge < -0.3 is 8.99 Å². The van der Waals surface area contributed by atoms with Gasteiger partial charge in [-0.05, 0) is 27.4 Å². The second kappa shape index (κ2) is 10.0. The number of hydrogen-bond donors (Lipinski definition) is 0. The number of rotatable bonds is 7.